The minimum Gasteiger partial charge on any atom is -0.380 e. The van der Waals surface area contributed by atoms with Gasteiger partial charge in [0.2, 0.25) is 10.0 Å². The number of fused-ring (bicyclic) bond motifs is 1. The van der Waals surface area contributed by atoms with Gasteiger partial charge < -0.3 is 9.30 Å². The average Bonchev–Trinajstić information content (AvgIpc) is 3.18. The molecular formula is C25H32N2O3S. The molecule has 0 radical (unpaired) electrons. The number of hydrogen-bond acceptors (Lipinski definition) is 3. The zero-order valence-corrected chi connectivity index (χ0v) is 19.3. The fraction of sp³-hybridized carbons (Fsp3) is 0.440. The number of hydrogen-bond donors (Lipinski definition) is 0. The topological polar surface area (TPSA) is 51.5 Å². The zero-order chi connectivity index (χ0) is 21.8. The Kier molecular flexibility index (Phi) is 6.80. The summed E-state index contributed by atoms with van der Waals surface area (Å²) >= 11 is 0. The monoisotopic (exact) mass is 440 g/mol. The molecule has 0 saturated carbocycles. The third kappa shape index (κ3) is 4.56. The molecule has 31 heavy (non-hydrogen) atoms. The van der Waals surface area contributed by atoms with E-state index in [0.29, 0.717) is 30.5 Å². The van der Waals surface area contributed by atoms with Crippen molar-refractivity contribution >= 4 is 20.9 Å². The SMILES string of the molecule is CCOCCn1cc(C2CCN(S(=O)(=O)c3ccc(CC)cc3)CC2)c2ccccc21. The first-order valence-corrected chi connectivity index (χ1v) is 12.7. The van der Waals surface area contributed by atoms with E-state index >= 15 is 0 Å². The highest BCUT2D eigenvalue weighted by molar-refractivity contribution is 7.89. The van der Waals surface area contributed by atoms with Crippen molar-refractivity contribution in [2.45, 2.75) is 50.5 Å². The van der Waals surface area contributed by atoms with Crippen LogP contribution in [0.15, 0.2) is 59.6 Å². The quantitative estimate of drug-likeness (QED) is 0.473. The summed E-state index contributed by atoms with van der Waals surface area (Å²) in [4.78, 5) is 0.399. The summed E-state index contributed by atoms with van der Waals surface area (Å²) in [7, 11) is -3.43. The number of sulfonamides is 1. The first-order valence-electron chi connectivity index (χ1n) is 11.3. The molecule has 2 heterocycles. The van der Waals surface area contributed by atoms with Crippen molar-refractivity contribution in [3.05, 3.63) is 65.9 Å². The highest BCUT2D eigenvalue weighted by Crippen LogP contribution is 2.35. The highest BCUT2D eigenvalue weighted by atomic mass is 32.2. The Morgan fingerprint density at radius 1 is 1.00 bits per heavy atom. The van der Waals surface area contributed by atoms with Gasteiger partial charge in [0, 0.05) is 43.3 Å². The van der Waals surface area contributed by atoms with Crippen LogP contribution in [0.5, 0.6) is 0 Å². The molecule has 1 fully saturated rings. The van der Waals surface area contributed by atoms with E-state index in [1.54, 1.807) is 16.4 Å². The summed E-state index contributed by atoms with van der Waals surface area (Å²) in [5.41, 5.74) is 3.71. The van der Waals surface area contributed by atoms with Gasteiger partial charge in [0.25, 0.3) is 0 Å². The van der Waals surface area contributed by atoms with Crippen LogP contribution < -0.4 is 0 Å². The van der Waals surface area contributed by atoms with Crippen molar-refractivity contribution in [1.82, 2.24) is 8.87 Å². The number of rotatable bonds is 8. The van der Waals surface area contributed by atoms with Crippen LogP contribution in [0.2, 0.25) is 0 Å². The van der Waals surface area contributed by atoms with Gasteiger partial charge in [-0.2, -0.15) is 4.31 Å². The maximum atomic E-state index is 13.1. The molecule has 0 aliphatic carbocycles. The molecule has 166 valence electrons. The lowest BCUT2D eigenvalue weighted by Crippen LogP contribution is -2.37. The molecule has 0 spiro atoms. The molecular weight excluding hydrogens is 408 g/mol. The van der Waals surface area contributed by atoms with Crippen LogP contribution in [0, 0.1) is 0 Å². The van der Waals surface area contributed by atoms with Gasteiger partial charge in [-0.05, 0) is 61.4 Å². The molecule has 5 nitrogen and oxygen atoms in total. The number of aryl methyl sites for hydroxylation is 1. The largest absolute Gasteiger partial charge is 0.380 e. The third-order valence-electron chi connectivity index (χ3n) is 6.36. The van der Waals surface area contributed by atoms with E-state index in [2.05, 4.69) is 42.0 Å². The van der Waals surface area contributed by atoms with E-state index in [0.717, 1.165) is 38.0 Å². The van der Waals surface area contributed by atoms with Gasteiger partial charge in [-0.1, -0.05) is 37.3 Å². The fourth-order valence-corrected chi connectivity index (χ4v) is 6.02. The van der Waals surface area contributed by atoms with Crippen molar-refractivity contribution in [1.29, 1.82) is 0 Å². The lowest BCUT2D eigenvalue weighted by molar-refractivity contribution is 0.140. The Bertz CT molecular complexity index is 1110. The molecule has 0 amide bonds. The summed E-state index contributed by atoms with van der Waals surface area (Å²) < 4.78 is 35.7. The first-order chi connectivity index (χ1) is 15.0. The lowest BCUT2D eigenvalue weighted by Gasteiger charge is -2.31. The van der Waals surface area contributed by atoms with Crippen molar-refractivity contribution in [3.8, 4) is 0 Å². The second-order valence-corrected chi connectivity index (χ2v) is 10.1. The highest BCUT2D eigenvalue weighted by Gasteiger charge is 2.31. The van der Waals surface area contributed by atoms with Crippen LogP contribution in [-0.2, 0) is 27.7 Å². The van der Waals surface area contributed by atoms with Gasteiger partial charge in [-0.25, -0.2) is 8.42 Å². The van der Waals surface area contributed by atoms with Crippen LogP contribution in [0.1, 0.15) is 43.7 Å². The number of piperidine rings is 1. The minimum absolute atomic E-state index is 0.368. The Morgan fingerprint density at radius 2 is 1.71 bits per heavy atom. The standard InChI is InChI=1S/C25H32N2O3S/c1-3-20-9-11-22(12-10-20)31(28,29)27-15-13-21(14-16-27)24-19-26(17-18-30-4-2)25-8-6-5-7-23(24)25/h5-12,19,21H,3-4,13-18H2,1-2H3. The first kappa shape index (κ1) is 22.1. The normalized spacial score (nSPS) is 16.2. The summed E-state index contributed by atoms with van der Waals surface area (Å²) in [6.45, 7) is 7.45. The van der Waals surface area contributed by atoms with Gasteiger partial charge in [-0.3, -0.25) is 0 Å². The Hall–Kier alpha value is -2.15. The predicted octanol–water partition coefficient (Wildman–Crippen LogP) is 4.81. The smallest absolute Gasteiger partial charge is 0.243 e. The molecule has 1 saturated heterocycles. The second-order valence-electron chi connectivity index (χ2n) is 8.17. The summed E-state index contributed by atoms with van der Waals surface area (Å²) in [6, 6.07) is 15.8. The average molecular weight is 441 g/mol. The molecule has 3 aromatic rings. The van der Waals surface area contributed by atoms with Gasteiger partial charge in [0.05, 0.1) is 11.5 Å². The van der Waals surface area contributed by atoms with E-state index in [4.69, 9.17) is 4.74 Å². The van der Waals surface area contributed by atoms with E-state index < -0.39 is 10.0 Å². The summed E-state index contributed by atoms with van der Waals surface area (Å²) in [5.74, 6) is 0.368. The minimum atomic E-state index is -3.43. The van der Waals surface area contributed by atoms with Crippen LogP contribution in [-0.4, -0.2) is 43.6 Å². The number of aromatic nitrogens is 1. The maximum absolute atomic E-state index is 13.1. The molecule has 4 rings (SSSR count). The molecule has 0 atom stereocenters. The van der Waals surface area contributed by atoms with Gasteiger partial charge in [0.15, 0.2) is 0 Å². The summed E-state index contributed by atoms with van der Waals surface area (Å²) in [5, 5.41) is 1.27. The molecule has 0 bridgehead atoms. The van der Waals surface area contributed by atoms with Crippen molar-refractivity contribution < 1.29 is 13.2 Å². The van der Waals surface area contributed by atoms with Crippen LogP contribution >= 0.6 is 0 Å². The fourth-order valence-electron chi connectivity index (χ4n) is 4.55. The molecule has 1 aliphatic heterocycles. The summed E-state index contributed by atoms with van der Waals surface area (Å²) in [6.07, 6.45) is 4.84. The van der Waals surface area contributed by atoms with Crippen molar-refractivity contribution in [2.75, 3.05) is 26.3 Å². The predicted molar refractivity (Wildman–Crippen MR) is 125 cm³/mol. The Morgan fingerprint density at radius 3 is 2.39 bits per heavy atom. The lowest BCUT2D eigenvalue weighted by atomic mass is 9.90. The second kappa shape index (κ2) is 9.55. The number of benzene rings is 2. The number of para-hydroxylation sites is 1. The molecule has 6 heteroatoms. The molecule has 0 unspecified atom stereocenters. The van der Waals surface area contributed by atoms with Gasteiger partial charge in [-0.15, -0.1) is 0 Å². The maximum Gasteiger partial charge on any atom is 0.243 e. The van der Waals surface area contributed by atoms with Crippen molar-refractivity contribution in [2.24, 2.45) is 0 Å². The molecule has 1 aromatic heterocycles. The number of ether oxygens (including phenoxy) is 1. The van der Waals surface area contributed by atoms with Crippen LogP contribution in [0.4, 0.5) is 0 Å². The van der Waals surface area contributed by atoms with E-state index in [-0.39, 0.29) is 0 Å². The van der Waals surface area contributed by atoms with Gasteiger partial charge in [0.1, 0.15) is 0 Å². The number of nitrogens with zero attached hydrogens (tertiary/aromatic N) is 2. The van der Waals surface area contributed by atoms with Gasteiger partial charge >= 0.3 is 0 Å². The molecule has 2 aromatic carbocycles. The van der Waals surface area contributed by atoms with E-state index in [1.807, 2.05) is 19.1 Å². The molecule has 0 N–H and O–H groups in total. The Balaban J connectivity index is 1.50. The van der Waals surface area contributed by atoms with E-state index in [1.165, 1.54) is 16.5 Å². The van der Waals surface area contributed by atoms with Crippen LogP contribution in [0.25, 0.3) is 10.9 Å². The Labute approximate surface area is 185 Å². The molecule has 1 aliphatic rings. The van der Waals surface area contributed by atoms with Crippen molar-refractivity contribution in [3.63, 3.8) is 0 Å². The zero-order valence-electron chi connectivity index (χ0n) is 18.5. The third-order valence-corrected chi connectivity index (χ3v) is 8.28. The van der Waals surface area contributed by atoms with Crippen LogP contribution in [0.3, 0.4) is 0 Å². The van der Waals surface area contributed by atoms with E-state index in [9.17, 15) is 8.42 Å².